The quantitative estimate of drug-likeness (QED) is 0.172. The highest BCUT2D eigenvalue weighted by molar-refractivity contribution is 5.33. The number of fused-ring (bicyclic) bond motifs is 2. The van der Waals surface area contributed by atoms with Crippen molar-refractivity contribution >= 4 is 0 Å². The first-order valence-electron chi connectivity index (χ1n) is 14.6. The second kappa shape index (κ2) is 18.9. The molecule has 35 heavy (non-hydrogen) atoms. The Hall–Kier alpha value is -1.30. The predicted octanol–water partition coefficient (Wildman–Crippen LogP) is 8.19. The Bertz CT molecular complexity index is 593. The van der Waals surface area contributed by atoms with Crippen LogP contribution in [0, 0.1) is 0 Å². The molecule has 1 aromatic rings. The van der Waals surface area contributed by atoms with E-state index >= 15 is 0 Å². The molecule has 0 N–H and O–H groups in total. The zero-order chi connectivity index (χ0) is 25.1. The van der Waals surface area contributed by atoms with Crippen molar-refractivity contribution in [2.45, 2.75) is 129 Å². The van der Waals surface area contributed by atoms with Crippen LogP contribution in [0.15, 0.2) is 24.3 Å². The molecule has 0 aliphatic carbocycles. The largest absolute Gasteiger partial charge is 0.451 e. The van der Waals surface area contributed by atoms with Gasteiger partial charge in [0.05, 0.1) is 0 Å². The molecule has 2 bridgehead atoms. The van der Waals surface area contributed by atoms with E-state index in [1.54, 1.807) is 0 Å². The first kappa shape index (κ1) is 29.9. The lowest BCUT2D eigenvalue weighted by atomic mass is 10.1. The molecule has 0 saturated carbocycles. The summed E-state index contributed by atoms with van der Waals surface area (Å²) in [5.41, 5.74) is 0. The van der Waals surface area contributed by atoms with E-state index in [0.717, 1.165) is 37.4 Å². The van der Waals surface area contributed by atoms with E-state index in [1.165, 1.54) is 89.9 Å². The number of hydrogen-bond acceptors (Lipinski definition) is 5. The van der Waals surface area contributed by atoms with Crippen LogP contribution in [0.1, 0.15) is 117 Å². The van der Waals surface area contributed by atoms with E-state index in [-0.39, 0.29) is 0 Å². The van der Waals surface area contributed by atoms with Crippen LogP contribution in [0.25, 0.3) is 0 Å². The zero-order valence-electron chi connectivity index (χ0n) is 23.3. The standard InChI is InChI=1S/C30H54N2O3/c1-5-7-9-11-13-15-17-19-24-31(3)29-33-27-22-21-23-28(26-27)34-30(35-29)32(4)25-20-18-16-14-12-10-8-6-2/h21-23,26,29-30H,5-20,24-25H2,1-4H3. The van der Waals surface area contributed by atoms with E-state index < -0.39 is 12.8 Å². The van der Waals surface area contributed by atoms with Gasteiger partial charge in [-0.15, -0.1) is 0 Å². The Morgan fingerprint density at radius 1 is 0.571 bits per heavy atom. The highest BCUT2D eigenvalue weighted by atomic mass is 16.8. The summed E-state index contributed by atoms with van der Waals surface area (Å²) in [6.45, 7) is 6.45. The SMILES string of the molecule is CCCCCCCCCCN(C)C1Oc2cccc(c2)OC(N(C)CCCCCCCCCC)O1. The molecule has 0 radical (unpaired) electrons. The first-order valence-corrected chi connectivity index (χ1v) is 14.6. The minimum Gasteiger partial charge on any atom is -0.451 e. The van der Waals surface area contributed by atoms with Crippen LogP contribution < -0.4 is 9.47 Å². The third-order valence-electron chi connectivity index (χ3n) is 6.96. The molecule has 1 heterocycles. The summed E-state index contributed by atoms with van der Waals surface area (Å²) in [5, 5.41) is 0. The van der Waals surface area contributed by atoms with Crippen LogP contribution in [0.4, 0.5) is 0 Å². The van der Waals surface area contributed by atoms with Gasteiger partial charge in [-0.3, -0.25) is 4.74 Å². The lowest BCUT2D eigenvalue weighted by Gasteiger charge is -2.36. The van der Waals surface area contributed by atoms with Gasteiger partial charge in [0.15, 0.2) is 0 Å². The summed E-state index contributed by atoms with van der Waals surface area (Å²) >= 11 is 0. The predicted molar refractivity (Wildman–Crippen MR) is 147 cm³/mol. The van der Waals surface area contributed by atoms with Crippen LogP contribution in [0.3, 0.4) is 0 Å². The Balaban J connectivity index is 1.77. The Morgan fingerprint density at radius 3 is 1.34 bits per heavy atom. The number of unbranched alkanes of at least 4 members (excludes halogenated alkanes) is 14. The van der Waals surface area contributed by atoms with E-state index in [2.05, 4.69) is 37.7 Å². The van der Waals surface area contributed by atoms with Crippen LogP contribution in [0.2, 0.25) is 0 Å². The lowest BCUT2D eigenvalue weighted by molar-refractivity contribution is -0.282. The highest BCUT2D eigenvalue weighted by Gasteiger charge is 2.28. The van der Waals surface area contributed by atoms with Crippen LogP contribution in [-0.2, 0) is 4.74 Å². The summed E-state index contributed by atoms with van der Waals surface area (Å²) in [4.78, 5) is 4.35. The summed E-state index contributed by atoms with van der Waals surface area (Å²) in [5.74, 6) is 1.58. The topological polar surface area (TPSA) is 34.2 Å². The molecule has 202 valence electrons. The minimum atomic E-state index is -0.457. The van der Waals surface area contributed by atoms with Gasteiger partial charge >= 0.3 is 0 Å². The molecular formula is C30H54N2O3. The maximum absolute atomic E-state index is 6.39. The first-order chi connectivity index (χ1) is 17.1. The van der Waals surface area contributed by atoms with Crippen LogP contribution >= 0.6 is 0 Å². The molecule has 2 rings (SSSR count). The van der Waals surface area contributed by atoms with E-state index in [9.17, 15) is 0 Å². The van der Waals surface area contributed by atoms with Crippen molar-refractivity contribution in [1.82, 2.24) is 9.80 Å². The summed E-state index contributed by atoms with van der Waals surface area (Å²) in [7, 11) is 4.18. The summed E-state index contributed by atoms with van der Waals surface area (Å²) < 4.78 is 18.9. The molecular weight excluding hydrogens is 436 g/mol. The van der Waals surface area contributed by atoms with Gasteiger partial charge < -0.3 is 9.47 Å². The highest BCUT2D eigenvalue weighted by Crippen LogP contribution is 2.27. The molecule has 1 aliphatic heterocycles. The molecule has 5 heteroatoms. The monoisotopic (exact) mass is 490 g/mol. The molecule has 2 unspecified atom stereocenters. The Morgan fingerprint density at radius 2 is 0.943 bits per heavy atom. The Labute approximate surface area is 216 Å². The molecule has 1 aliphatic rings. The third-order valence-corrected chi connectivity index (χ3v) is 6.96. The second-order valence-corrected chi connectivity index (χ2v) is 10.4. The van der Waals surface area contributed by atoms with Crippen LogP contribution in [-0.4, -0.2) is 49.8 Å². The van der Waals surface area contributed by atoms with Crippen molar-refractivity contribution in [3.8, 4) is 11.5 Å². The van der Waals surface area contributed by atoms with E-state index in [0.29, 0.717) is 0 Å². The van der Waals surface area contributed by atoms with Crippen molar-refractivity contribution in [3.63, 3.8) is 0 Å². The fourth-order valence-electron chi connectivity index (χ4n) is 4.60. The maximum atomic E-state index is 6.39. The normalized spacial score (nSPS) is 17.8. The van der Waals surface area contributed by atoms with Crippen molar-refractivity contribution < 1.29 is 14.2 Å². The molecule has 1 aromatic carbocycles. The fraction of sp³-hybridized carbons (Fsp3) is 0.800. The average Bonchev–Trinajstić information content (AvgIpc) is 2.85. The number of nitrogens with zero attached hydrogens (tertiary/aromatic N) is 2. The van der Waals surface area contributed by atoms with Crippen LogP contribution in [0.5, 0.6) is 11.5 Å². The maximum Gasteiger partial charge on any atom is 0.265 e. The van der Waals surface area contributed by atoms with Gasteiger partial charge in [0.25, 0.3) is 12.8 Å². The Kier molecular flexibility index (Phi) is 16.2. The lowest BCUT2D eigenvalue weighted by Crippen LogP contribution is -2.49. The smallest absolute Gasteiger partial charge is 0.265 e. The molecule has 2 atom stereocenters. The molecule has 0 spiro atoms. The second-order valence-electron chi connectivity index (χ2n) is 10.4. The van der Waals surface area contributed by atoms with Crippen molar-refractivity contribution in [2.75, 3.05) is 27.2 Å². The minimum absolute atomic E-state index is 0.457. The van der Waals surface area contributed by atoms with Gasteiger partial charge in [-0.1, -0.05) is 110 Å². The van der Waals surface area contributed by atoms with Gasteiger partial charge in [0.2, 0.25) is 0 Å². The van der Waals surface area contributed by atoms with Crippen molar-refractivity contribution in [1.29, 1.82) is 0 Å². The van der Waals surface area contributed by atoms with Crippen molar-refractivity contribution in [3.05, 3.63) is 24.3 Å². The van der Waals surface area contributed by atoms with Gasteiger partial charge in [-0.25, -0.2) is 9.80 Å². The number of ether oxygens (including phenoxy) is 3. The molecule has 0 aromatic heterocycles. The third kappa shape index (κ3) is 13.0. The summed E-state index contributed by atoms with van der Waals surface area (Å²) in [6.07, 6.45) is 20.2. The van der Waals surface area contributed by atoms with Gasteiger partial charge in [0.1, 0.15) is 11.5 Å². The van der Waals surface area contributed by atoms with Crippen molar-refractivity contribution in [2.24, 2.45) is 0 Å². The molecule has 0 saturated heterocycles. The average molecular weight is 491 g/mol. The number of benzene rings is 1. The van der Waals surface area contributed by atoms with E-state index in [1.807, 2.05) is 24.3 Å². The fourth-order valence-corrected chi connectivity index (χ4v) is 4.60. The van der Waals surface area contributed by atoms with E-state index in [4.69, 9.17) is 14.2 Å². The number of rotatable bonds is 20. The molecule has 0 fully saturated rings. The summed E-state index contributed by atoms with van der Waals surface area (Å²) in [6, 6.07) is 7.90. The molecule has 5 nitrogen and oxygen atoms in total. The van der Waals surface area contributed by atoms with Gasteiger partial charge in [-0.2, -0.15) is 0 Å². The number of hydrogen-bond donors (Lipinski definition) is 0. The molecule has 0 amide bonds. The van der Waals surface area contributed by atoms with Gasteiger partial charge in [0, 0.05) is 19.2 Å². The zero-order valence-corrected chi connectivity index (χ0v) is 23.3. The van der Waals surface area contributed by atoms with Gasteiger partial charge in [-0.05, 0) is 39.1 Å².